The number of halogens is 1. The second-order valence-corrected chi connectivity index (χ2v) is 9.75. The van der Waals surface area contributed by atoms with E-state index >= 15 is 0 Å². The minimum absolute atomic E-state index is 0.0181. The van der Waals surface area contributed by atoms with Crippen molar-refractivity contribution in [2.45, 2.75) is 18.4 Å². The number of carbonyl (C=O) groups excluding carboxylic acids is 1. The molecule has 10 heteroatoms. The van der Waals surface area contributed by atoms with E-state index in [0.29, 0.717) is 16.3 Å². The number of hydrogen-bond acceptors (Lipinski definition) is 5. The zero-order valence-corrected chi connectivity index (χ0v) is 19.9. The molecule has 0 bridgehead atoms. The average Bonchev–Trinajstić information content (AvgIpc) is 3.25. The quantitative estimate of drug-likeness (QED) is 0.343. The first-order valence-corrected chi connectivity index (χ1v) is 12.4. The molecule has 0 saturated heterocycles. The van der Waals surface area contributed by atoms with Gasteiger partial charge in [-0.05, 0) is 48.9 Å². The van der Waals surface area contributed by atoms with Gasteiger partial charge in [0.1, 0.15) is 18.0 Å². The number of benzene rings is 2. The highest BCUT2D eigenvalue weighted by Gasteiger charge is 2.15. The van der Waals surface area contributed by atoms with Gasteiger partial charge in [-0.3, -0.25) is 4.79 Å². The van der Waals surface area contributed by atoms with Crippen molar-refractivity contribution >= 4 is 33.2 Å². The number of aryl methyl sites for hydroxylation is 1. The van der Waals surface area contributed by atoms with Crippen molar-refractivity contribution in [2.24, 2.45) is 0 Å². The van der Waals surface area contributed by atoms with E-state index < -0.39 is 10.0 Å². The summed E-state index contributed by atoms with van der Waals surface area (Å²) >= 11 is 5.86. The van der Waals surface area contributed by atoms with Gasteiger partial charge in [-0.1, -0.05) is 35.9 Å². The van der Waals surface area contributed by atoms with Crippen LogP contribution in [0.25, 0.3) is 5.65 Å². The fourth-order valence-electron chi connectivity index (χ4n) is 3.38. The Morgan fingerprint density at radius 2 is 1.91 bits per heavy atom. The van der Waals surface area contributed by atoms with Gasteiger partial charge in [0, 0.05) is 30.5 Å². The number of fused-ring (bicyclic) bond motifs is 1. The number of amides is 1. The molecule has 0 spiro atoms. The van der Waals surface area contributed by atoms with Gasteiger partial charge in [0.2, 0.25) is 10.0 Å². The Labute approximate surface area is 202 Å². The number of carbonyl (C=O) groups is 1. The Balaban J connectivity index is 1.34. The third-order valence-electron chi connectivity index (χ3n) is 5.04. The van der Waals surface area contributed by atoms with Gasteiger partial charge in [-0.15, -0.1) is 0 Å². The SMILES string of the molecule is Cc1cccn2cc(COc3ccccc3C(=O)NCCNS(=O)(=O)c3cccc(Cl)c3)nc12. The largest absolute Gasteiger partial charge is 0.486 e. The molecule has 1 amide bonds. The summed E-state index contributed by atoms with van der Waals surface area (Å²) in [6, 6.07) is 16.8. The summed E-state index contributed by atoms with van der Waals surface area (Å²) in [5.41, 5.74) is 2.99. The van der Waals surface area contributed by atoms with Gasteiger partial charge in [0.15, 0.2) is 0 Å². The number of hydrogen-bond donors (Lipinski definition) is 2. The molecule has 0 aliphatic carbocycles. The van der Waals surface area contributed by atoms with Crippen molar-refractivity contribution in [3.05, 3.63) is 94.9 Å². The van der Waals surface area contributed by atoms with E-state index in [1.54, 1.807) is 36.4 Å². The van der Waals surface area contributed by atoms with E-state index in [1.165, 1.54) is 12.1 Å². The maximum Gasteiger partial charge on any atom is 0.255 e. The Hall–Kier alpha value is -3.40. The van der Waals surface area contributed by atoms with Crippen molar-refractivity contribution in [2.75, 3.05) is 13.1 Å². The molecule has 0 saturated carbocycles. The summed E-state index contributed by atoms with van der Waals surface area (Å²) in [5, 5.41) is 3.04. The fourth-order valence-corrected chi connectivity index (χ4v) is 4.71. The molecule has 4 rings (SSSR count). The lowest BCUT2D eigenvalue weighted by atomic mass is 10.2. The topological polar surface area (TPSA) is 102 Å². The van der Waals surface area contributed by atoms with E-state index in [1.807, 2.05) is 35.9 Å². The van der Waals surface area contributed by atoms with Crippen LogP contribution in [0.5, 0.6) is 5.75 Å². The molecular weight excluding hydrogens is 476 g/mol. The molecule has 2 N–H and O–H groups in total. The van der Waals surface area contributed by atoms with E-state index in [2.05, 4.69) is 15.0 Å². The van der Waals surface area contributed by atoms with Crippen LogP contribution in [-0.2, 0) is 16.6 Å². The van der Waals surface area contributed by atoms with E-state index in [-0.39, 0.29) is 30.5 Å². The van der Waals surface area contributed by atoms with Gasteiger partial charge < -0.3 is 14.5 Å². The summed E-state index contributed by atoms with van der Waals surface area (Å²) in [6.45, 7) is 2.30. The Kier molecular flexibility index (Phi) is 7.16. The van der Waals surface area contributed by atoms with Crippen molar-refractivity contribution < 1.29 is 17.9 Å². The highest BCUT2D eigenvalue weighted by Crippen LogP contribution is 2.20. The van der Waals surface area contributed by atoms with Crippen LogP contribution in [0.15, 0.2) is 78.0 Å². The van der Waals surface area contributed by atoms with Crippen LogP contribution in [0.2, 0.25) is 5.02 Å². The molecule has 8 nitrogen and oxygen atoms in total. The van der Waals surface area contributed by atoms with Gasteiger partial charge in [0.25, 0.3) is 5.91 Å². The number of aromatic nitrogens is 2. The number of pyridine rings is 1. The van der Waals surface area contributed by atoms with Crippen molar-refractivity contribution in [3.63, 3.8) is 0 Å². The minimum atomic E-state index is -3.73. The lowest BCUT2D eigenvalue weighted by Crippen LogP contribution is -2.34. The van der Waals surface area contributed by atoms with Gasteiger partial charge in [-0.2, -0.15) is 0 Å². The standard InChI is InChI=1S/C24H23ClN4O4S/c1-17-6-5-13-29-15-19(28-23(17)29)16-33-22-10-3-2-9-21(22)24(30)26-11-12-27-34(31,32)20-8-4-7-18(25)14-20/h2-10,13-15,27H,11-12,16H2,1H3,(H,26,30). The molecule has 2 aromatic heterocycles. The molecule has 0 aliphatic rings. The maximum absolute atomic E-state index is 12.7. The number of nitrogens with one attached hydrogen (secondary N) is 2. The molecule has 2 heterocycles. The van der Waals surface area contributed by atoms with Crippen LogP contribution in [0, 0.1) is 6.92 Å². The van der Waals surface area contributed by atoms with Gasteiger partial charge in [-0.25, -0.2) is 18.1 Å². The zero-order valence-electron chi connectivity index (χ0n) is 18.4. The zero-order chi connectivity index (χ0) is 24.1. The molecule has 2 aromatic carbocycles. The first-order valence-electron chi connectivity index (χ1n) is 10.5. The van der Waals surface area contributed by atoms with Crippen LogP contribution in [0.1, 0.15) is 21.6 Å². The van der Waals surface area contributed by atoms with Crippen molar-refractivity contribution in [1.82, 2.24) is 19.4 Å². The summed E-state index contributed by atoms with van der Waals surface area (Å²) in [4.78, 5) is 17.3. The fraction of sp³-hybridized carbons (Fsp3) is 0.167. The first kappa shape index (κ1) is 23.7. The number of nitrogens with zero attached hydrogens (tertiary/aromatic N) is 2. The van der Waals surface area contributed by atoms with Gasteiger partial charge >= 0.3 is 0 Å². The monoisotopic (exact) mass is 498 g/mol. The molecule has 0 atom stereocenters. The number of rotatable bonds is 9. The molecule has 0 aliphatic heterocycles. The second kappa shape index (κ2) is 10.3. The Bertz CT molecular complexity index is 1440. The molecule has 0 fully saturated rings. The molecular formula is C24H23ClN4O4S. The van der Waals surface area contributed by atoms with Crippen LogP contribution in [0.3, 0.4) is 0 Å². The number of sulfonamides is 1. The Morgan fingerprint density at radius 1 is 1.09 bits per heavy atom. The average molecular weight is 499 g/mol. The van der Waals surface area contributed by atoms with Crippen LogP contribution < -0.4 is 14.8 Å². The summed E-state index contributed by atoms with van der Waals surface area (Å²) in [7, 11) is -3.73. The van der Waals surface area contributed by atoms with Crippen LogP contribution >= 0.6 is 11.6 Å². The summed E-state index contributed by atoms with van der Waals surface area (Å²) in [5.74, 6) is 0.0386. The molecule has 176 valence electrons. The summed E-state index contributed by atoms with van der Waals surface area (Å²) in [6.07, 6.45) is 3.80. The van der Waals surface area contributed by atoms with E-state index in [9.17, 15) is 13.2 Å². The normalized spacial score (nSPS) is 11.5. The highest BCUT2D eigenvalue weighted by molar-refractivity contribution is 7.89. The minimum Gasteiger partial charge on any atom is -0.486 e. The van der Waals surface area contributed by atoms with Gasteiger partial charge in [0.05, 0.1) is 16.2 Å². The Morgan fingerprint density at radius 3 is 2.71 bits per heavy atom. The van der Waals surface area contributed by atoms with Crippen LogP contribution in [0.4, 0.5) is 0 Å². The van der Waals surface area contributed by atoms with E-state index in [4.69, 9.17) is 16.3 Å². The first-order chi connectivity index (χ1) is 16.3. The smallest absolute Gasteiger partial charge is 0.255 e. The molecule has 4 aromatic rings. The highest BCUT2D eigenvalue weighted by atomic mass is 35.5. The van der Waals surface area contributed by atoms with E-state index in [0.717, 1.165) is 16.9 Å². The molecule has 34 heavy (non-hydrogen) atoms. The van der Waals surface area contributed by atoms with Crippen molar-refractivity contribution in [3.8, 4) is 5.75 Å². The third kappa shape index (κ3) is 5.56. The number of para-hydroxylation sites is 1. The predicted octanol–water partition coefficient (Wildman–Crippen LogP) is 3.58. The number of ether oxygens (including phenoxy) is 1. The predicted molar refractivity (Wildman–Crippen MR) is 130 cm³/mol. The lowest BCUT2D eigenvalue weighted by molar-refractivity contribution is 0.0949. The second-order valence-electron chi connectivity index (χ2n) is 7.55. The van der Waals surface area contributed by atoms with Crippen LogP contribution in [-0.4, -0.2) is 36.8 Å². The molecule has 0 radical (unpaired) electrons. The molecule has 0 unspecified atom stereocenters. The maximum atomic E-state index is 12.7. The number of imidazole rings is 1. The third-order valence-corrected chi connectivity index (χ3v) is 6.74. The summed E-state index contributed by atoms with van der Waals surface area (Å²) < 4.78 is 35.0. The van der Waals surface area contributed by atoms with Crippen molar-refractivity contribution in [1.29, 1.82) is 0 Å². The lowest BCUT2D eigenvalue weighted by Gasteiger charge is -2.11.